The summed E-state index contributed by atoms with van der Waals surface area (Å²) in [5.74, 6) is 0.625. The normalized spacial score (nSPS) is 15.4. The minimum absolute atomic E-state index is 0.586. The van der Waals surface area contributed by atoms with Crippen LogP contribution in [0, 0.1) is 0 Å². The monoisotopic (exact) mass is 328 g/mol. The van der Waals surface area contributed by atoms with Crippen LogP contribution in [-0.4, -0.2) is 19.5 Å². The Bertz CT molecular complexity index is 631. The van der Waals surface area contributed by atoms with E-state index in [-0.39, 0.29) is 0 Å². The Kier molecular flexibility index (Phi) is 5.19. The van der Waals surface area contributed by atoms with E-state index in [9.17, 15) is 4.79 Å². The highest BCUT2D eigenvalue weighted by atomic mass is 35.5. The molecule has 0 atom stereocenters. The van der Waals surface area contributed by atoms with Crippen molar-refractivity contribution in [3.05, 3.63) is 64.7 Å². The Morgan fingerprint density at radius 3 is 2.30 bits per heavy atom. The molecule has 2 aromatic rings. The van der Waals surface area contributed by atoms with Crippen molar-refractivity contribution < 1.29 is 4.79 Å². The third-order valence-corrected chi connectivity index (χ3v) is 4.78. The van der Waals surface area contributed by atoms with E-state index in [4.69, 9.17) is 11.6 Å². The minimum Gasteiger partial charge on any atom is -0.371 e. The molecule has 0 unspecified atom stereocenters. The molecular weight excluding hydrogens is 308 g/mol. The van der Waals surface area contributed by atoms with Gasteiger partial charge in [-0.15, -0.1) is 0 Å². The van der Waals surface area contributed by atoms with Gasteiger partial charge in [0.1, 0.15) is 0 Å². The van der Waals surface area contributed by atoms with Gasteiger partial charge in [-0.05, 0) is 54.2 Å². The molecule has 1 aliphatic heterocycles. The first kappa shape index (κ1) is 15.9. The van der Waals surface area contributed by atoms with Gasteiger partial charge in [0.2, 0.25) is 6.41 Å². The number of amides is 1. The van der Waals surface area contributed by atoms with Crippen molar-refractivity contribution in [3.63, 3.8) is 0 Å². The fraction of sp³-hybridized carbons (Fsp3) is 0.316. The van der Waals surface area contributed by atoms with E-state index in [1.807, 2.05) is 12.1 Å². The van der Waals surface area contributed by atoms with Crippen LogP contribution in [0.25, 0.3) is 0 Å². The van der Waals surface area contributed by atoms with Crippen molar-refractivity contribution in [2.24, 2.45) is 0 Å². The molecule has 23 heavy (non-hydrogen) atoms. The Morgan fingerprint density at radius 1 is 1.04 bits per heavy atom. The van der Waals surface area contributed by atoms with Crippen molar-refractivity contribution in [1.29, 1.82) is 0 Å². The molecule has 1 heterocycles. The summed E-state index contributed by atoms with van der Waals surface area (Å²) in [4.78, 5) is 12.8. The molecule has 3 nitrogen and oxygen atoms in total. The molecule has 1 N–H and O–H groups in total. The first-order chi connectivity index (χ1) is 11.3. The van der Waals surface area contributed by atoms with Gasteiger partial charge in [-0.25, -0.2) is 0 Å². The maximum Gasteiger partial charge on any atom is 0.207 e. The van der Waals surface area contributed by atoms with E-state index in [0.717, 1.165) is 42.9 Å². The lowest BCUT2D eigenvalue weighted by atomic mass is 9.89. The van der Waals surface area contributed by atoms with Gasteiger partial charge in [0.05, 0.1) is 0 Å². The molecule has 120 valence electrons. The number of carbonyl (C=O) groups is 1. The van der Waals surface area contributed by atoms with Gasteiger partial charge >= 0.3 is 0 Å². The molecule has 0 radical (unpaired) electrons. The molecule has 3 rings (SSSR count). The number of carbonyl (C=O) groups excluding carboxylic acids is 1. The van der Waals surface area contributed by atoms with Gasteiger partial charge < -0.3 is 10.2 Å². The first-order valence-electron chi connectivity index (χ1n) is 8.02. The zero-order valence-electron chi connectivity index (χ0n) is 13.0. The molecule has 1 fully saturated rings. The highest BCUT2D eigenvalue weighted by molar-refractivity contribution is 6.30. The van der Waals surface area contributed by atoms with Crippen molar-refractivity contribution in [2.45, 2.75) is 25.3 Å². The Labute approximate surface area is 142 Å². The fourth-order valence-corrected chi connectivity index (χ4v) is 3.32. The van der Waals surface area contributed by atoms with Crippen LogP contribution < -0.4 is 10.2 Å². The molecule has 0 bridgehead atoms. The van der Waals surface area contributed by atoms with E-state index in [1.54, 1.807) is 0 Å². The van der Waals surface area contributed by atoms with Gasteiger partial charge in [0.25, 0.3) is 0 Å². The second-order valence-electron chi connectivity index (χ2n) is 5.98. The van der Waals surface area contributed by atoms with Crippen LogP contribution in [0.4, 0.5) is 5.69 Å². The predicted molar refractivity (Wildman–Crippen MR) is 95.0 cm³/mol. The molecule has 1 aliphatic rings. The Hall–Kier alpha value is -2.00. The fourth-order valence-electron chi connectivity index (χ4n) is 3.19. The summed E-state index contributed by atoms with van der Waals surface area (Å²) in [7, 11) is 0. The average Bonchev–Trinajstić information content (AvgIpc) is 2.61. The minimum atomic E-state index is 0.586. The van der Waals surface area contributed by atoms with Crippen LogP contribution in [-0.2, 0) is 11.3 Å². The average molecular weight is 329 g/mol. The molecule has 1 amide bonds. The second-order valence-corrected chi connectivity index (χ2v) is 6.41. The molecule has 0 saturated carbocycles. The van der Waals surface area contributed by atoms with Gasteiger partial charge in [-0.1, -0.05) is 35.9 Å². The van der Waals surface area contributed by atoms with Crippen LogP contribution >= 0.6 is 11.6 Å². The highest BCUT2D eigenvalue weighted by Gasteiger charge is 2.20. The second kappa shape index (κ2) is 7.51. The van der Waals surface area contributed by atoms with Crippen LogP contribution in [0.3, 0.4) is 0 Å². The lowest BCUT2D eigenvalue weighted by Crippen LogP contribution is -2.32. The van der Waals surface area contributed by atoms with Gasteiger partial charge in [-0.2, -0.15) is 0 Å². The lowest BCUT2D eigenvalue weighted by Gasteiger charge is -2.34. The Morgan fingerprint density at radius 2 is 1.70 bits per heavy atom. The van der Waals surface area contributed by atoms with Crippen LogP contribution in [0.1, 0.15) is 29.9 Å². The standard InChI is InChI=1S/C19H21ClN2O/c20-18-5-3-16(4-6-18)17-9-11-22(12-10-17)19-7-1-15(2-8-19)13-21-14-23/h1-8,14,17H,9-13H2,(H,21,23). The zero-order valence-corrected chi connectivity index (χ0v) is 13.8. The number of halogens is 1. The molecule has 1 saturated heterocycles. The summed E-state index contributed by atoms with van der Waals surface area (Å²) in [6.45, 7) is 2.72. The van der Waals surface area contributed by atoms with Crippen LogP contribution in [0.5, 0.6) is 0 Å². The van der Waals surface area contributed by atoms with Crippen molar-refractivity contribution in [1.82, 2.24) is 5.32 Å². The van der Waals surface area contributed by atoms with E-state index < -0.39 is 0 Å². The van der Waals surface area contributed by atoms with Crippen molar-refractivity contribution in [3.8, 4) is 0 Å². The van der Waals surface area contributed by atoms with Gasteiger partial charge in [0, 0.05) is 30.3 Å². The molecule has 0 aromatic heterocycles. The van der Waals surface area contributed by atoms with E-state index in [0.29, 0.717) is 12.5 Å². The lowest BCUT2D eigenvalue weighted by molar-refractivity contribution is -0.109. The Balaban J connectivity index is 1.58. The topological polar surface area (TPSA) is 32.3 Å². The summed E-state index contributed by atoms with van der Waals surface area (Å²) < 4.78 is 0. The summed E-state index contributed by atoms with van der Waals surface area (Å²) in [5, 5.41) is 3.49. The summed E-state index contributed by atoms with van der Waals surface area (Å²) in [6.07, 6.45) is 3.06. The molecular formula is C19H21ClN2O. The van der Waals surface area contributed by atoms with E-state index in [1.165, 1.54) is 11.3 Å². The molecule has 4 heteroatoms. The number of piperidine rings is 1. The highest BCUT2D eigenvalue weighted by Crippen LogP contribution is 2.31. The summed E-state index contributed by atoms with van der Waals surface area (Å²) in [5.41, 5.74) is 3.77. The molecule has 2 aromatic carbocycles. The number of anilines is 1. The number of benzene rings is 2. The molecule has 0 spiro atoms. The first-order valence-corrected chi connectivity index (χ1v) is 8.40. The number of hydrogen-bond acceptors (Lipinski definition) is 2. The van der Waals surface area contributed by atoms with Gasteiger partial charge in [-0.3, -0.25) is 4.79 Å². The predicted octanol–water partition coefficient (Wildman–Crippen LogP) is 3.97. The van der Waals surface area contributed by atoms with Gasteiger partial charge in [0.15, 0.2) is 0 Å². The van der Waals surface area contributed by atoms with E-state index in [2.05, 4.69) is 46.6 Å². The van der Waals surface area contributed by atoms with E-state index >= 15 is 0 Å². The molecule has 0 aliphatic carbocycles. The third kappa shape index (κ3) is 4.05. The largest absolute Gasteiger partial charge is 0.371 e. The number of nitrogens with zero attached hydrogens (tertiary/aromatic N) is 1. The summed E-state index contributed by atoms with van der Waals surface area (Å²) in [6, 6.07) is 16.7. The number of rotatable bonds is 5. The van der Waals surface area contributed by atoms with Crippen LogP contribution in [0.2, 0.25) is 5.02 Å². The quantitative estimate of drug-likeness (QED) is 0.842. The smallest absolute Gasteiger partial charge is 0.207 e. The third-order valence-electron chi connectivity index (χ3n) is 4.53. The number of nitrogens with one attached hydrogen (secondary N) is 1. The van der Waals surface area contributed by atoms with Crippen molar-refractivity contribution >= 4 is 23.7 Å². The SMILES string of the molecule is O=CNCc1ccc(N2CCC(c3ccc(Cl)cc3)CC2)cc1. The maximum atomic E-state index is 10.3. The zero-order chi connectivity index (χ0) is 16.1. The van der Waals surface area contributed by atoms with Crippen molar-refractivity contribution in [2.75, 3.05) is 18.0 Å². The summed E-state index contributed by atoms with van der Waals surface area (Å²) >= 11 is 5.97. The van der Waals surface area contributed by atoms with Crippen LogP contribution in [0.15, 0.2) is 48.5 Å². The maximum absolute atomic E-state index is 10.3. The number of hydrogen-bond donors (Lipinski definition) is 1.